The molecule has 0 spiro atoms. The van der Waals surface area contributed by atoms with Crippen molar-refractivity contribution in [2.45, 2.75) is 17.7 Å². The number of nitrogens with two attached hydrogens (primary N) is 1. The summed E-state index contributed by atoms with van der Waals surface area (Å²) < 4.78 is 22.3. The van der Waals surface area contributed by atoms with E-state index >= 15 is 0 Å². The third-order valence-electron chi connectivity index (χ3n) is 2.06. The van der Waals surface area contributed by atoms with E-state index in [0.717, 1.165) is 0 Å². The molecule has 0 saturated heterocycles. The highest BCUT2D eigenvalue weighted by molar-refractivity contribution is 7.89. The van der Waals surface area contributed by atoms with E-state index in [1.165, 1.54) is 25.1 Å². The van der Waals surface area contributed by atoms with Gasteiger partial charge in [-0.05, 0) is 18.6 Å². The van der Waals surface area contributed by atoms with Gasteiger partial charge >= 0.3 is 5.97 Å². The lowest BCUT2D eigenvalue weighted by Crippen LogP contribution is -2.18. The van der Waals surface area contributed by atoms with Gasteiger partial charge in [0.15, 0.2) is 0 Å². The van der Waals surface area contributed by atoms with Gasteiger partial charge in [0.05, 0.1) is 10.8 Å². The van der Waals surface area contributed by atoms with Crippen LogP contribution in [0.1, 0.15) is 18.4 Å². The van der Waals surface area contributed by atoms with Gasteiger partial charge in [-0.15, -0.1) is 0 Å². The maximum Gasteiger partial charge on any atom is 0.310 e. The second-order valence-corrected chi connectivity index (χ2v) is 4.67. The molecule has 0 aromatic heterocycles. The number of hydrogen-bond acceptors (Lipinski definition) is 3. The van der Waals surface area contributed by atoms with E-state index in [0.29, 0.717) is 0 Å². The molecule has 0 bridgehead atoms. The van der Waals surface area contributed by atoms with E-state index in [1.54, 1.807) is 6.07 Å². The smallest absolute Gasteiger partial charge is 0.310 e. The van der Waals surface area contributed by atoms with E-state index in [1.807, 2.05) is 0 Å². The lowest BCUT2D eigenvalue weighted by Gasteiger charge is -2.10. The molecule has 0 aliphatic rings. The minimum absolute atomic E-state index is 0.139. The Morgan fingerprint density at radius 1 is 1.40 bits per heavy atom. The van der Waals surface area contributed by atoms with Gasteiger partial charge in [-0.2, -0.15) is 0 Å². The molecular formula is C9H11NO4S. The Hall–Kier alpha value is -1.40. The number of sulfonamides is 1. The molecule has 82 valence electrons. The molecule has 1 atom stereocenters. The van der Waals surface area contributed by atoms with Crippen molar-refractivity contribution in [3.8, 4) is 0 Å². The highest BCUT2D eigenvalue weighted by Crippen LogP contribution is 2.22. The van der Waals surface area contributed by atoms with Crippen LogP contribution in [-0.2, 0) is 14.8 Å². The summed E-state index contributed by atoms with van der Waals surface area (Å²) in [5.41, 5.74) is 0.201. The van der Waals surface area contributed by atoms with Gasteiger partial charge in [-0.3, -0.25) is 4.79 Å². The molecule has 1 rings (SSSR count). The lowest BCUT2D eigenvalue weighted by molar-refractivity contribution is -0.138. The second-order valence-electron chi connectivity index (χ2n) is 3.14. The Balaban J connectivity index is 3.37. The Morgan fingerprint density at radius 3 is 2.40 bits per heavy atom. The SMILES string of the molecule is CC(C(=O)O)c1ccccc1S(N)(=O)=O. The summed E-state index contributed by atoms with van der Waals surface area (Å²) in [7, 11) is -3.88. The number of aliphatic carboxylic acids is 1. The van der Waals surface area contributed by atoms with Crippen molar-refractivity contribution in [1.82, 2.24) is 0 Å². The van der Waals surface area contributed by atoms with Crippen molar-refractivity contribution in [1.29, 1.82) is 0 Å². The Morgan fingerprint density at radius 2 is 1.93 bits per heavy atom. The minimum atomic E-state index is -3.88. The van der Waals surface area contributed by atoms with Crippen LogP contribution in [0.15, 0.2) is 29.2 Å². The highest BCUT2D eigenvalue weighted by Gasteiger charge is 2.21. The summed E-state index contributed by atoms with van der Waals surface area (Å²) in [6.07, 6.45) is 0. The van der Waals surface area contributed by atoms with Crippen LogP contribution in [-0.4, -0.2) is 19.5 Å². The molecule has 0 saturated carbocycles. The highest BCUT2D eigenvalue weighted by atomic mass is 32.2. The van der Waals surface area contributed by atoms with Crippen LogP contribution in [0.4, 0.5) is 0 Å². The molecule has 5 nitrogen and oxygen atoms in total. The molecule has 0 fully saturated rings. The van der Waals surface area contributed by atoms with Gasteiger partial charge in [-0.1, -0.05) is 18.2 Å². The van der Waals surface area contributed by atoms with Crippen LogP contribution < -0.4 is 5.14 Å². The molecule has 6 heteroatoms. The molecule has 3 N–H and O–H groups in total. The first kappa shape index (κ1) is 11.7. The quantitative estimate of drug-likeness (QED) is 0.789. The van der Waals surface area contributed by atoms with Gasteiger partial charge in [-0.25, -0.2) is 13.6 Å². The molecule has 15 heavy (non-hydrogen) atoms. The molecule has 1 unspecified atom stereocenters. The summed E-state index contributed by atoms with van der Waals surface area (Å²) in [5.74, 6) is -1.99. The second kappa shape index (κ2) is 4.00. The molecule has 1 aromatic carbocycles. The standard InChI is InChI=1S/C9H11NO4S/c1-6(9(11)12)7-4-2-3-5-8(7)15(10,13)14/h2-6H,1H3,(H,11,12)(H2,10,13,14). The number of hydrogen-bond donors (Lipinski definition) is 2. The Kier molecular flexibility index (Phi) is 3.11. The molecule has 0 aliphatic carbocycles. The van der Waals surface area contributed by atoms with Crippen LogP contribution in [0.3, 0.4) is 0 Å². The molecule has 0 amide bonds. The van der Waals surface area contributed by atoms with Gasteiger partial charge in [0.25, 0.3) is 0 Å². The molecule has 0 aliphatic heterocycles. The number of carboxylic acids is 1. The third kappa shape index (κ3) is 2.54. The maximum atomic E-state index is 11.2. The van der Waals surface area contributed by atoms with Crippen LogP contribution in [0.5, 0.6) is 0 Å². The van der Waals surface area contributed by atoms with E-state index < -0.39 is 21.9 Å². The zero-order chi connectivity index (χ0) is 11.6. The van der Waals surface area contributed by atoms with E-state index in [-0.39, 0.29) is 10.5 Å². The topological polar surface area (TPSA) is 97.5 Å². The van der Waals surface area contributed by atoms with Gasteiger partial charge in [0.2, 0.25) is 10.0 Å². The minimum Gasteiger partial charge on any atom is -0.481 e. The third-order valence-corrected chi connectivity index (χ3v) is 3.05. The van der Waals surface area contributed by atoms with E-state index in [4.69, 9.17) is 10.2 Å². The van der Waals surface area contributed by atoms with Crippen LogP contribution in [0.25, 0.3) is 0 Å². The number of rotatable bonds is 3. The van der Waals surface area contributed by atoms with Crippen molar-refractivity contribution in [3.63, 3.8) is 0 Å². The van der Waals surface area contributed by atoms with Gasteiger partial charge < -0.3 is 5.11 Å². The average Bonchev–Trinajstić information content (AvgIpc) is 2.15. The van der Waals surface area contributed by atoms with Crippen molar-refractivity contribution in [3.05, 3.63) is 29.8 Å². The molecule has 0 radical (unpaired) electrons. The summed E-state index contributed by atoms with van der Waals surface area (Å²) in [6, 6.07) is 5.81. The summed E-state index contributed by atoms with van der Waals surface area (Å²) in [4.78, 5) is 10.6. The normalized spacial score (nSPS) is 13.5. The molecular weight excluding hydrogens is 218 g/mol. The molecule has 0 heterocycles. The largest absolute Gasteiger partial charge is 0.481 e. The fraction of sp³-hybridized carbons (Fsp3) is 0.222. The van der Waals surface area contributed by atoms with Crippen molar-refractivity contribution in [2.75, 3.05) is 0 Å². The van der Waals surface area contributed by atoms with Crippen LogP contribution >= 0.6 is 0 Å². The van der Waals surface area contributed by atoms with E-state index in [9.17, 15) is 13.2 Å². The first-order valence-corrected chi connectivity index (χ1v) is 5.73. The first-order chi connectivity index (χ1) is 6.84. The van der Waals surface area contributed by atoms with E-state index in [2.05, 4.69) is 0 Å². The van der Waals surface area contributed by atoms with Gasteiger partial charge in [0, 0.05) is 0 Å². The average molecular weight is 229 g/mol. The number of primary sulfonamides is 1. The zero-order valence-corrected chi connectivity index (χ0v) is 8.86. The summed E-state index contributed by atoms with van der Waals surface area (Å²) in [6.45, 7) is 1.41. The first-order valence-electron chi connectivity index (χ1n) is 4.18. The number of benzene rings is 1. The monoisotopic (exact) mass is 229 g/mol. The predicted molar refractivity (Wildman–Crippen MR) is 53.9 cm³/mol. The van der Waals surface area contributed by atoms with Crippen molar-refractivity contribution >= 4 is 16.0 Å². The van der Waals surface area contributed by atoms with Crippen LogP contribution in [0, 0.1) is 0 Å². The fourth-order valence-corrected chi connectivity index (χ4v) is 2.07. The fourth-order valence-electron chi connectivity index (χ4n) is 1.23. The van der Waals surface area contributed by atoms with Crippen LogP contribution in [0.2, 0.25) is 0 Å². The van der Waals surface area contributed by atoms with Crippen molar-refractivity contribution in [2.24, 2.45) is 5.14 Å². The number of carbonyl (C=O) groups is 1. The number of carboxylic acid groups (broad SMARTS) is 1. The zero-order valence-electron chi connectivity index (χ0n) is 8.04. The van der Waals surface area contributed by atoms with Gasteiger partial charge in [0.1, 0.15) is 0 Å². The summed E-state index contributed by atoms with van der Waals surface area (Å²) in [5, 5.41) is 13.8. The Labute approximate surface area is 87.6 Å². The maximum absolute atomic E-state index is 11.2. The lowest BCUT2D eigenvalue weighted by atomic mass is 10.0. The van der Waals surface area contributed by atoms with Crippen molar-refractivity contribution < 1.29 is 18.3 Å². The molecule has 1 aromatic rings. The predicted octanol–water partition coefficient (Wildman–Crippen LogP) is 0.522. The Bertz CT molecular complexity index is 481. The summed E-state index contributed by atoms with van der Waals surface area (Å²) >= 11 is 0.